The number of carboxylic acid groups (broad SMARTS) is 1. The van der Waals surface area contributed by atoms with Gasteiger partial charge in [0, 0.05) is 0 Å². The molecule has 2 saturated heterocycles. The van der Waals surface area contributed by atoms with Gasteiger partial charge in [0.2, 0.25) is 5.91 Å². The highest BCUT2D eigenvalue weighted by molar-refractivity contribution is 7.91. The zero-order chi connectivity index (χ0) is 15.0. The smallest absolute Gasteiger partial charge is 0.320 e. The molecule has 8 heteroatoms. The van der Waals surface area contributed by atoms with E-state index in [0.717, 1.165) is 6.42 Å². The van der Waals surface area contributed by atoms with Crippen LogP contribution in [0, 0.1) is 0 Å². The van der Waals surface area contributed by atoms with Crippen molar-refractivity contribution in [2.75, 3.05) is 24.6 Å². The van der Waals surface area contributed by atoms with Gasteiger partial charge in [-0.3, -0.25) is 14.5 Å². The molecule has 20 heavy (non-hydrogen) atoms. The third-order valence-corrected chi connectivity index (χ3v) is 5.84. The van der Waals surface area contributed by atoms with E-state index in [-0.39, 0.29) is 24.0 Å². The van der Waals surface area contributed by atoms with E-state index in [0.29, 0.717) is 19.4 Å². The minimum atomic E-state index is -3.07. The van der Waals surface area contributed by atoms with Gasteiger partial charge in [-0.1, -0.05) is 0 Å². The normalized spacial score (nSPS) is 33.1. The van der Waals surface area contributed by atoms with Gasteiger partial charge in [0.05, 0.1) is 23.6 Å². The van der Waals surface area contributed by atoms with Crippen molar-refractivity contribution in [2.45, 2.75) is 37.8 Å². The predicted molar refractivity (Wildman–Crippen MR) is 72.0 cm³/mol. The molecule has 114 valence electrons. The minimum absolute atomic E-state index is 0.00655. The van der Waals surface area contributed by atoms with Crippen LogP contribution >= 0.6 is 0 Å². The van der Waals surface area contributed by atoms with E-state index in [4.69, 9.17) is 5.11 Å². The Kier molecular flexibility index (Phi) is 4.06. The molecule has 0 aromatic heterocycles. The van der Waals surface area contributed by atoms with Gasteiger partial charge in [-0.05, 0) is 32.7 Å². The molecule has 0 aromatic carbocycles. The van der Waals surface area contributed by atoms with Gasteiger partial charge >= 0.3 is 5.97 Å². The Hall–Kier alpha value is -1.15. The van der Waals surface area contributed by atoms with E-state index in [1.807, 2.05) is 0 Å². The number of carbonyl (C=O) groups excluding carboxylic acids is 1. The van der Waals surface area contributed by atoms with E-state index < -0.39 is 27.4 Å². The topological polar surface area (TPSA) is 104 Å². The Bertz CT molecular complexity index is 518. The molecule has 2 heterocycles. The fourth-order valence-electron chi connectivity index (χ4n) is 2.96. The number of likely N-dealkylation sites (tertiary alicyclic amines) is 1. The summed E-state index contributed by atoms with van der Waals surface area (Å²) in [5.74, 6) is -1.18. The summed E-state index contributed by atoms with van der Waals surface area (Å²) in [6, 6.07) is -0.610. The molecule has 2 fully saturated rings. The number of rotatable bonds is 4. The number of nitrogens with zero attached hydrogens (tertiary/aromatic N) is 1. The molecule has 2 rings (SSSR count). The molecule has 2 aliphatic heterocycles. The molecule has 0 radical (unpaired) electrons. The number of hydrogen-bond acceptors (Lipinski definition) is 5. The van der Waals surface area contributed by atoms with Crippen LogP contribution in [0.1, 0.15) is 26.2 Å². The summed E-state index contributed by atoms with van der Waals surface area (Å²) in [4.78, 5) is 24.7. The molecule has 0 aliphatic carbocycles. The van der Waals surface area contributed by atoms with Crippen molar-refractivity contribution in [1.29, 1.82) is 0 Å². The lowest BCUT2D eigenvalue weighted by molar-refractivity contribution is -0.142. The lowest BCUT2D eigenvalue weighted by Gasteiger charge is -2.26. The highest BCUT2D eigenvalue weighted by Crippen LogP contribution is 2.23. The highest BCUT2D eigenvalue weighted by Gasteiger charge is 2.40. The van der Waals surface area contributed by atoms with Crippen molar-refractivity contribution >= 4 is 21.7 Å². The fourth-order valence-corrected chi connectivity index (χ4v) is 5.06. The van der Waals surface area contributed by atoms with Crippen LogP contribution in [0.2, 0.25) is 0 Å². The first-order valence-corrected chi connectivity index (χ1v) is 8.51. The van der Waals surface area contributed by atoms with Crippen LogP contribution < -0.4 is 5.32 Å². The molecule has 0 saturated carbocycles. The third kappa shape index (κ3) is 3.49. The second kappa shape index (κ2) is 5.33. The molecule has 2 N–H and O–H groups in total. The van der Waals surface area contributed by atoms with E-state index >= 15 is 0 Å². The zero-order valence-corrected chi connectivity index (χ0v) is 12.3. The number of nitrogens with one attached hydrogen (secondary N) is 1. The maximum Gasteiger partial charge on any atom is 0.320 e. The molecular formula is C12H20N2O5S. The molecule has 1 amide bonds. The van der Waals surface area contributed by atoms with Crippen LogP contribution in [-0.4, -0.2) is 66.5 Å². The number of carbonyl (C=O) groups is 2. The largest absolute Gasteiger partial charge is 0.480 e. The first kappa shape index (κ1) is 15.2. The van der Waals surface area contributed by atoms with Crippen molar-refractivity contribution in [2.24, 2.45) is 0 Å². The lowest BCUT2D eigenvalue weighted by Crippen LogP contribution is -2.51. The maximum atomic E-state index is 12.0. The Morgan fingerprint density at radius 2 is 2.15 bits per heavy atom. The maximum absolute atomic E-state index is 12.0. The summed E-state index contributed by atoms with van der Waals surface area (Å²) in [5, 5.41) is 11.8. The summed E-state index contributed by atoms with van der Waals surface area (Å²) in [6.07, 6.45) is 1.72. The van der Waals surface area contributed by atoms with Gasteiger partial charge < -0.3 is 10.4 Å². The van der Waals surface area contributed by atoms with Gasteiger partial charge in [-0.15, -0.1) is 0 Å². The van der Waals surface area contributed by atoms with Crippen LogP contribution in [0.3, 0.4) is 0 Å². The van der Waals surface area contributed by atoms with Crippen molar-refractivity contribution in [1.82, 2.24) is 10.2 Å². The quantitative estimate of drug-likeness (QED) is 0.707. The monoisotopic (exact) mass is 304 g/mol. The van der Waals surface area contributed by atoms with Crippen molar-refractivity contribution in [3.05, 3.63) is 0 Å². The zero-order valence-electron chi connectivity index (χ0n) is 11.5. The number of carboxylic acids is 1. The summed E-state index contributed by atoms with van der Waals surface area (Å²) in [6.45, 7) is 2.31. The summed E-state index contributed by atoms with van der Waals surface area (Å²) in [5.41, 5.74) is -0.728. The Morgan fingerprint density at radius 3 is 2.70 bits per heavy atom. The average Bonchev–Trinajstić information content (AvgIpc) is 2.83. The van der Waals surface area contributed by atoms with Gasteiger partial charge in [-0.2, -0.15) is 0 Å². The summed E-state index contributed by atoms with van der Waals surface area (Å²) >= 11 is 0. The van der Waals surface area contributed by atoms with Crippen LogP contribution in [0.4, 0.5) is 0 Å². The number of hydrogen-bond donors (Lipinski definition) is 2. The van der Waals surface area contributed by atoms with Crippen LogP contribution in [-0.2, 0) is 19.4 Å². The van der Waals surface area contributed by atoms with Crippen molar-refractivity contribution in [3.8, 4) is 0 Å². The number of amides is 1. The first-order chi connectivity index (χ1) is 9.21. The molecule has 0 spiro atoms. The number of sulfone groups is 1. The van der Waals surface area contributed by atoms with Crippen molar-refractivity contribution in [3.63, 3.8) is 0 Å². The average molecular weight is 304 g/mol. The van der Waals surface area contributed by atoms with Gasteiger partial charge in [0.25, 0.3) is 0 Å². The number of aliphatic carboxylic acids is 1. The molecule has 7 nitrogen and oxygen atoms in total. The first-order valence-electron chi connectivity index (χ1n) is 6.69. The van der Waals surface area contributed by atoms with E-state index in [2.05, 4.69) is 5.32 Å². The highest BCUT2D eigenvalue weighted by atomic mass is 32.2. The van der Waals surface area contributed by atoms with Crippen LogP contribution in [0.5, 0.6) is 0 Å². The Balaban J connectivity index is 1.91. The third-order valence-electron chi connectivity index (χ3n) is 3.94. The van der Waals surface area contributed by atoms with E-state index in [1.165, 1.54) is 0 Å². The van der Waals surface area contributed by atoms with Gasteiger partial charge in [0.1, 0.15) is 6.04 Å². The molecular weight excluding hydrogens is 284 g/mol. The predicted octanol–water partition coefficient (Wildman–Crippen LogP) is -0.771. The van der Waals surface area contributed by atoms with Crippen LogP contribution in [0.25, 0.3) is 0 Å². The minimum Gasteiger partial charge on any atom is -0.480 e. The fraction of sp³-hybridized carbons (Fsp3) is 0.833. The van der Waals surface area contributed by atoms with E-state index in [9.17, 15) is 18.0 Å². The van der Waals surface area contributed by atoms with Crippen molar-refractivity contribution < 1.29 is 23.1 Å². The lowest BCUT2D eigenvalue weighted by atomic mass is 10.0. The molecule has 0 bridgehead atoms. The Morgan fingerprint density at radius 1 is 1.45 bits per heavy atom. The standard InChI is InChI=1S/C12H20N2O5S/c1-12(4-6-20(18,19)8-12)13-10(15)7-14-5-2-3-9(14)11(16)17/h9H,2-8H2,1H3,(H,13,15)(H,16,17). The molecule has 2 aliphatic rings. The molecule has 2 atom stereocenters. The Labute approximate surface area is 118 Å². The summed E-state index contributed by atoms with van der Waals surface area (Å²) in [7, 11) is -3.07. The molecule has 2 unspecified atom stereocenters. The second-order valence-electron chi connectivity index (χ2n) is 5.92. The van der Waals surface area contributed by atoms with E-state index in [1.54, 1.807) is 11.8 Å². The van der Waals surface area contributed by atoms with Crippen LogP contribution in [0.15, 0.2) is 0 Å². The van der Waals surface area contributed by atoms with Gasteiger partial charge in [-0.25, -0.2) is 8.42 Å². The second-order valence-corrected chi connectivity index (χ2v) is 8.10. The SMILES string of the molecule is CC1(NC(=O)CN2CCCC2C(=O)O)CCS(=O)(=O)C1. The van der Waals surface area contributed by atoms with Gasteiger partial charge in [0.15, 0.2) is 9.84 Å². The molecule has 0 aromatic rings. The summed E-state index contributed by atoms with van der Waals surface area (Å²) < 4.78 is 22.9.